The Labute approximate surface area is 149 Å². The van der Waals surface area contributed by atoms with Crippen LogP contribution in [0.5, 0.6) is 0 Å². The zero-order valence-corrected chi connectivity index (χ0v) is 15.8. The number of thiazole rings is 1. The van der Waals surface area contributed by atoms with Crippen LogP contribution in [-0.2, 0) is 19.4 Å². The van der Waals surface area contributed by atoms with E-state index >= 15 is 0 Å². The van der Waals surface area contributed by atoms with Crippen LogP contribution in [0.2, 0.25) is 0 Å². The maximum absolute atomic E-state index is 10.5. The summed E-state index contributed by atoms with van der Waals surface area (Å²) in [6.07, 6.45) is 8.88. The molecule has 1 saturated carbocycles. The van der Waals surface area contributed by atoms with Gasteiger partial charge < -0.3 is 15.3 Å². The molecule has 6 heteroatoms. The molecule has 0 atom stereocenters. The molecule has 0 aliphatic heterocycles. The Morgan fingerprint density at radius 2 is 2.04 bits per heavy atom. The standard InChI is InChI=1S/C18H30N4OS/c1-3-19-17(20-13-18(23)10-6-7-11-18)22(2)12-16-21-14-8-4-5-9-15(14)24-16/h23H,3-13H2,1-2H3,(H,19,20). The van der Waals surface area contributed by atoms with E-state index in [1.54, 1.807) is 0 Å². The lowest BCUT2D eigenvalue weighted by Crippen LogP contribution is -2.40. The van der Waals surface area contributed by atoms with E-state index in [4.69, 9.17) is 9.98 Å². The average molecular weight is 351 g/mol. The lowest BCUT2D eigenvalue weighted by molar-refractivity contribution is 0.0572. The number of aryl methyl sites for hydroxylation is 2. The van der Waals surface area contributed by atoms with Gasteiger partial charge in [0.05, 0.1) is 24.4 Å². The predicted molar refractivity (Wildman–Crippen MR) is 99.6 cm³/mol. The summed E-state index contributed by atoms with van der Waals surface area (Å²) in [5.41, 5.74) is 0.721. The van der Waals surface area contributed by atoms with Crippen LogP contribution in [0.1, 0.15) is 61.0 Å². The third-order valence-corrected chi connectivity index (χ3v) is 6.16. The Bertz CT molecular complexity index is 554. The molecule has 0 bridgehead atoms. The Balaban J connectivity index is 1.65. The molecule has 1 fully saturated rings. The highest BCUT2D eigenvalue weighted by molar-refractivity contribution is 7.11. The van der Waals surface area contributed by atoms with Gasteiger partial charge in [-0.1, -0.05) is 12.8 Å². The summed E-state index contributed by atoms with van der Waals surface area (Å²) < 4.78 is 0. The third-order valence-electron chi connectivity index (χ3n) is 5.02. The number of hydrogen-bond donors (Lipinski definition) is 2. The molecule has 1 aromatic rings. The SMILES string of the molecule is CCNC(=NCC1(O)CCCC1)N(C)Cc1nc2c(s1)CCCC2. The molecule has 1 aromatic heterocycles. The summed E-state index contributed by atoms with van der Waals surface area (Å²) in [7, 11) is 2.06. The number of aliphatic imine (C=N–C) groups is 1. The molecule has 2 N–H and O–H groups in total. The lowest BCUT2D eigenvalue weighted by atomic mass is 10.0. The van der Waals surface area contributed by atoms with E-state index in [0.29, 0.717) is 6.54 Å². The van der Waals surface area contributed by atoms with Gasteiger partial charge in [-0.15, -0.1) is 11.3 Å². The molecule has 0 amide bonds. The first kappa shape index (κ1) is 17.7. The van der Waals surface area contributed by atoms with Gasteiger partial charge >= 0.3 is 0 Å². The number of guanidine groups is 1. The van der Waals surface area contributed by atoms with Crippen molar-refractivity contribution in [3.05, 3.63) is 15.6 Å². The first-order chi connectivity index (χ1) is 11.6. The molecule has 24 heavy (non-hydrogen) atoms. The van der Waals surface area contributed by atoms with Gasteiger partial charge in [0.25, 0.3) is 0 Å². The molecule has 5 nitrogen and oxygen atoms in total. The van der Waals surface area contributed by atoms with E-state index in [1.807, 2.05) is 11.3 Å². The highest BCUT2D eigenvalue weighted by Gasteiger charge is 2.31. The molecule has 2 aliphatic carbocycles. The van der Waals surface area contributed by atoms with Crippen LogP contribution in [0, 0.1) is 0 Å². The highest BCUT2D eigenvalue weighted by atomic mass is 32.1. The maximum Gasteiger partial charge on any atom is 0.194 e. The summed E-state index contributed by atoms with van der Waals surface area (Å²) in [5.74, 6) is 0.867. The van der Waals surface area contributed by atoms with Gasteiger partial charge in [0.2, 0.25) is 0 Å². The van der Waals surface area contributed by atoms with Crippen molar-refractivity contribution in [3.63, 3.8) is 0 Å². The summed E-state index contributed by atoms with van der Waals surface area (Å²) in [4.78, 5) is 13.1. The topological polar surface area (TPSA) is 60.8 Å². The van der Waals surface area contributed by atoms with Gasteiger partial charge in [0.15, 0.2) is 5.96 Å². The van der Waals surface area contributed by atoms with Crippen molar-refractivity contribution in [2.45, 2.75) is 70.4 Å². The average Bonchev–Trinajstić information content (AvgIpc) is 3.17. The fourth-order valence-corrected chi connectivity index (χ4v) is 4.84. The first-order valence-electron chi connectivity index (χ1n) is 9.29. The lowest BCUT2D eigenvalue weighted by Gasteiger charge is -2.24. The Hall–Kier alpha value is -1.14. The van der Waals surface area contributed by atoms with E-state index < -0.39 is 5.60 Å². The van der Waals surface area contributed by atoms with Crippen LogP contribution in [-0.4, -0.2) is 46.7 Å². The molecule has 1 heterocycles. The quantitative estimate of drug-likeness (QED) is 0.633. The highest BCUT2D eigenvalue weighted by Crippen LogP contribution is 2.30. The van der Waals surface area contributed by atoms with E-state index in [2.05, 4.69) is 24.2 Å². The summed E-state index contributed by atoms with van der Waals surface area (Å²) >= 11 is 1.86. The van der Waals surface area contributed by atoms with Crippen molar-refractivity contribution in [1.29, 1.82) is 0 Å². The van der Waals surface area contributed by atoms with Gasteiger partial charge in [-0.3, -0.25) is 4.99 Å². The smallest absolute Gasteiger partial charge is 0.194 e. The molecule has 2 aliphatic rings. The van der Waals surface area contributed by atoms with Gasteiger partial charge in [-0.2, -0.15) is 0 Å². The predicted octanol–water partition coefficient (Wildman–Crippen LogP) is 2.72. The van der Waals surface area contributed by atoms with Crippen molar-refractivity contribution in [2.24, 2.45) is 4.99 Å². The van der Waals surface area contributed by atoms with Crippen molar-refractivity contribution >= 4 is 17.3 Å². The molecular formula is C18H30N4OS. The second kappa shape index (κ2) is 7.83. The minimum Gasteiger partial charge on any atom is -0.388 e. The van der Waals surface area contributed by atoms with Gasteiger partial charge in [0, 0.05) is 18.5 Å². The van der Waals surface area contributed by atoms with Crippen LogP contribution >= 0.6 is 11.3 Å². The van der Waals surface area contributed by atoms with Crippen LogP contribution in [0.3, 0.4) is 0 Å². The van der Waals surface area contributed by atoms with Crippen LogP contribution in [0.15, 0.2) is 4.99 Å². The number of aromatic nitrogens is 1. The number of rotatable bonds is 5. The van der Waals surface area contributed by atoms with Crippen molar-refractivity contribution in [2.75, 3.05) is 20.1 Å². The van der Waals surface area contributed by atoms with Crippen molar-refractivity contribution in [1.82, 2.24) is 15.2 Å². The maximum atomic E-state index is 10.5. The molecule has 0 spiro atoms. The van der Waals surface area contributed by atoms with Crippen molar-refractivity contribution < 1.29 is 5.11 Å². The molecule has 0 unspecified atom stereocenters. The molecular weight excluding hydrogens is 320 g/mol. The van der Waals surface area contributed by atoms with Gasteiger partial charge in [-0.25, -0.2) is 4.98 Å². The Morgan fingerprint density at radius 3 is 2.75 bits per heavy atom. The number of fused-ring (bicyclic) bond motifs is 1. The first-order valence-corrected chi connectivity index (χ1v) is 10.1. The summed E-state index contributed by atoms with van der Waals surface area (Å²) in [6.45, 7) is 4.18. The molecule has 0 radical (unpaired) electrons. The summed E-state index contributed by atoms with van der Waals surface area (Å²) in [6, 6.07) is 0. The van der Waals surface area contributed by atoms with E-state index in [9.17, 15) is 5.11 Å². The Kier molecular flexibility index (Phi) is 5.76. The summed E-state index contributed by atoms with van der Waals surface area (Å²) in [5, 5.41) is 15.0. The van der Waals surface area contributed by atoms with Crippen molar-refractivity contribution in [3.8, 4) is 0 Å². The molecule has 3 rings (SSSR count). The van der Waals surface area contributed by atoms with E-state index in [-0.39, 0.29) is 0 Å². The fourth-order valence-electron chi connectivity index (χ4n) is 3.63. The van der Waals surface area contributed by atoms with Gasteiger partial charge in [0.1, 0.15) is 5.01 Å². The van der Waals surface area contributed by atoms with Crippen LogP contribution in [0.4, 0.5) is 0 Å². The third kappa shape index (κ3) is 4.28. The van der Waals surface area contributed by atoms with E-state index in [1.165, 1.54) is 34.8 Å². The molecule has 134 valence electrons. The zero-order valence-electron chi connectivity index (χ0n) is 15.0. The minimum atomic E-state index is -0.595. The second-order valence-corrected chi connectivity index (χ2v) is 8.31. The molecule has 0 saturated heterocycles. The number of nitrogens with one attached hydrogen (secondary N) is 1. The van der Waals surface area contributed by atoms with Gasteiger partial charge in [-0.05, 0) is 45.4 Å². The Morgan fingerprint density at radius 1 is 1.29 bits per heavy atom. The zero-order chi connectivity index (χ0) is 17.0. The normalized spacial score (nSPS) is 20.0. The number of aliphatic hydroxyl groups is 1. The van der Waals surface area contributed by atoms with E-state index in [0.717, 1.165) is 51.2 Å². The number of nitrogens with zero attached hydrogens (tertiary/aromatic N) is 3. The minimum absolute atomic E-state index is 0.494. The molecule has 0 aromatic carbocycles. The monoisotopic (exact) mass is 350 g/mol. The second-order valence-electron chi connectivity index (χ2n) is 7.14. The van der Waals surface area contributed by atoms with Crippen LogP contribution < -0.4 is 5.32 Å². The number of hydrogen-bond acceptors (Lipinski definition) is 4. The largest absolute Gasteiger partial charge is 0.388 e. The fraction of sp³-hybridized carbons (Fsp3) is 0.778. The van der Waals surface area contributed by atoms with Crippen LogP contribution in [0.25, 0.3) is 0 Å².